The van der Waals surface area contributed by atoms with Crippen LogP contribution in [0.25, 0.3) is 0 Å². The summed E-state index contributed by atoms with van der Waals surface area (Å²) in [5.41, 5.74) is 0. The van der Waals surface area contributed by atoms with Crippen LogP contribution in [-0.2, 0) is 0 Å². The zero-order chi connectivity index (χ0) is 12.4. The first-order chi connectivity index (χ1) is 8.90. The molecule has 0 aromatic carbocycles. The van der Waals surface area contributed by atoms with Gasteiger partial charge in [-0.25, -0.2) is 0 Å². The van der Waals surface area contributed by atoms with E-state index in [0.29, 0.717) is 12.0 Å². The van der Waals surface area contributed by atoms with E-state index in [1.807, 2.05) is 11.8 Å². The highest BCUT2D eigenvalue weighted by Gasteiger charge is 2.36. The molecule has 0 aliphatic heterocycles. The third kappa shape index (κ3) is 2.88. The number of hydrogen-bond donors (Lipinski definition) is 1. The molecule has 0 spiro atoms. The fourth-order valence-corrected chi connectivity index (χ4v) is 3.17. The van der Waals surface area contributed by atoms with Gasteiger partial charge in [0.1, 0.15) is 5.82 Å². The molecule has 1 heterocycles. The molecule has 0 saturated heterocycles. The zero-order valence-corrected chi connectivity index (χ0v) is 11.9. The van der Waals surface area contributed by atoms with Crippen LogP contribution >= 0.6 is 11.8 Å². The average molecular weight is 266 g/mol. The Labute approximate surface area is 113 Å². The van der Waals surface area contributed by atoms with Gasteiger partial charge in [-0.2, -0.15) is 0 Å². The summed E-state index contributed by atoms with van der Waals surface area (Å²) in [7, 11) is 0. The highest BCUT2D eigenvalue weighted by molar-refractivity contribution is 7.99. The predicted molar refractivity (Wildman–Crippen MR) is 74.2 cm³/mol. The van der Waals surface area contributed by atoms with E-state index in [9.17, 15) is 0 Å². The van der Waals surface area contributed by atoms with Gasteiger partial charge in [0.2, 0.25) is 0 Å². The molecule has 1 aromatic heterocycles. The van der Waals surface area contributed by atoms with Gasteiger partial charge in [-0.1, -0.05) is 18.7 Å². The molecule has 0 atom stereocenters. The van der Waals surface area contributed by atoms with Gasteiger partial charge in [0.15, 0.2) is 5.16 Å². The van der Waals surface area contributed by atoms with E-state index in [4.69, 9.17) is 0 Å². The van der Waals surface area contributed by atoms with Crippen molar-refractivity contribution in [1.29, 1.82) is 0 Å². The van der Waals surface area contributed by atoms with Crippen molar-refractivity contribution in [3.05, 3.63) is 5.82 Å². The summed E-state index contributed by atoms with van der Waals surface area (Å²) < 4.78 is 2.44. The molecule has 0 amide bonds. The summed E-state index contributed by atoms with van der Waals surface area (Å²) in [5, 5.41) is 13.4. The maximum atomic E-state index is 4.43. The Hall–Kier alpha value is -0.550. The van der Waals surface area contributed by atoms with Crippen LogP contribution in [0, 0.1) is 0 Å². The molecule has 5 heteroatoms. The monoisotopic (exact) mass is 266 g/mol. The summed E-state index contributed by atoms with van der Waals surface area (Å²) in [5.74, 6) is 3.13. The number of rotatable bonds is 8. The van der Waals surface area contributed by atoms with Crippen molar-refractivity contribution in [2.24, 2.45) is 0 Å². The number of thioether (sulfide) groups is 1. The lowest BCUT2D eigenvalue weighted by Gasteiger charge is -2.07. The van der Waals surface area contributed by atoms with E-state index in [1.165, 1.54) is 37.9 Å². The molecule has 2 aliphatic rings. The fraction of sp³-hybridized carbons (Fsp3) is 0.846. The molecule has 1 aromatic rings. The molecule has 1 N–H and O–H groups in total. The molecular formula is C13H22N4S. The highest BCUT2D eigenvalue weighted by atomic mass is 32.2. The second kappa shape index (κ2) is 5.61. The number of nitrogens with zero attached hydrogens (tertiary/aromatic N) is 3. The van der Waals surface area contributed by atoms with Gasteiger partial charge in [-0.3, -0.25) is 0 Å². The van der Waals surface area contributed by atoms with Crippen molar-refractivity contribution in [1.82, 2.24) is 20.1 Å². The van der Waals surface area contributed by atoms with Gasteiger partial charge in [0.25, 0.3) is 0 Å². The number of hydrogen-bond acceptors (Lipinski definition) is 4. The lowest BCUT2D eigenvalue weighted by Crippen LogP contribution is -2.14. The van der Waals surface area contributed by atoms with E-state index in [0.717, 1.165) is 24.0 Å². The Morgan fingerprint density at radius 2 is 2.11 bits per heavy atom. The van der Waals surface area contributed by atoms with Crippen molar-refractivity contribution in [3.63, 3.8) is 0 Å². The smallest absolute Gasteiger partial charge is 0.191 e. The van der Waals surface area contributed by atoms with E-state index in [2.05, 4.69) is 27.0 Å². The van der Waals surface area contributed by atoms with Gasteiger partial charge in [0.05, 0.1) is 0 Å². The van der Waals surface area contributed by atoms with Crippen LogP contribution in [-0.4, -0.2) is 33.6 Å². The summed E-state index contributed by atoms with van der Waals surface area (Å²) in [6, 6.07) is 0.715. The van der Waals surface area contributed by atoms with Crippen LogP contribution in [0.1, 0.15) is 56.8 Å². The van der Waals surface area contributed by atoms with Crippen molar-refractivity contribution in [2.45, 2.75) is 56.1 Å². The van der Waals surface area contributed by atoms with Crippen molar-refractivity contribution in [3.8, 4) is 0 Å². The summed E-state index contributed by atoms with van der Waals surface area (Å²) in [6.45, 7) is 4.32. The Kier molecular flexibility index (Phi) is 3.89. The third-order valence-corrected chi connectivity index (χ3v) is 4.55. The summed E-state index contributed by atoms with van der Waals surface area (Å²) in [6.07, 6.45) is 6.48. The predicted octanol–water partition coefficient (Wildman–Crippen LogP) is 2.58. The molecule has 18 heavy (non-hydrogen) atoms. The SMILES string of the molecule is CCNCCCSc1nnc(C2CC2)n1C1CC1. The molecule has 2 fully saturated rings. The van der Waals surface area contributed by atoms with E-state index in [1.54, 1.807) is 0 Å². The molecule has 2 saturated carbocycles. The first-order valence-corrected chi connectivity index (χ1v) is 8.17. The highest BCUT2D eigenvalue weighted by Crippen LogP contribution is 2.45. The van der Waals surface area contributed by atoms with Crippen molar-refractivity contribution >= 4 is 11.8 Å². The second-order valence-electron chi connectivity index (χ2n) is 5.27. The lowest BCUT2D eigenvalue weighted by atomic mass is 10.4. The molecule has 4 nitrogen and oxygen atoms in total. The standard InChI is InChI=1S/C13H22N4S/c1-2-14-8-3-9-18-13-16-15-12(10-4-5-10)17(13)11-6-7-11/h10-11,14H,2-9H2,1H3. The molecule has 0 bridgehead atoms. The van der Waals surface area contributed by atoms with E-state index >= 15 is 0 Å². The summed E-state index contributed by atoms with van der Waals surface area (Å²) >= 11 is 1.88. The molecule has 100 valence electrons. The van der Waals surface area contributed by atoms with Crippen LogP contribution in [0.15, 0.2) is 5.16 Å². The van der Waals surface area contributed by atoms with E-state index < -0.39 is 0 Å². The van der Waals surface area contributed by atoms with Gasteiger partial charge < -0.3 is 9.88 Å². The van der Waals surface area contributed by atoms with Gasteiger partial charge in [-0.15, -0.1) is 10.2 Å². The van der Waals surface area contributed by atoms with Crippen LogP contribution in [0.3, 0.4) is 0 Å². The quantitative estimate of drug-likeness (QED) is 0.580. The van der Waals surface area contributed by atoms with Crippen LogP contribution in [0.5, 0.6) is 0 Å². The van der Waals surface area contributed by atoms with Crippen molar-refractivity contribution < 1.29 is 0 Å². The largest absolute Gasteiger partial charge is 0.317 e. The van der Waals surface area contributed by atoms with Gasteiger partial charge >= 0.3 is 0 Å². The average Bonchev–Trinajstić information content (AvgIpc) is 3.28. The first kappa shape index (κ1) is 12.5. The maximum absolute atomic E-state index is 4.43. The van der Waals surface area contributed by atoms with Gasteiger partial charge in [0, 0.05) is 17.7 Å². The van der Waals surface area contributed by atoms with E-state index in [-0.39, 0.29) is 0 Å². The maximum Gasteiger partial charge on any atom is 0.191 e. The number of nitrogens with one attached hydrogen (secondary N) is 1. The minimum Gasteiger partial charge on any atom is -0.317 e. The Bertz CT molecular complexity index is 396. The minimum atomic E-state index is 0.715. The molecular weight excluding hydrogens is 244 g/mol. The Balaban J connectivity index is 1.57. The van der Waals surface area contributed by atoms with Gasteiger partial charge in [-0.05, 0) is 45.2 Å². The normalized spacial score (nSPS) is 19.4. The van der Waals surface area contributed by atoms with Crippen LogP contribution in [0.4, 0.5) is 0 Å². The molecule has 0 radical (unpaired) electrons. The second-order valence-corrected chi connectivity index (χ2v) is 6.33. The molecule has 0 unspecified atom stereocenters. The van der Waals surface area contributed by atoms with Crippen molar-refractivity contribution in [2.75, 3.05) is 18.8 Å². The third-order valence-electron chi connectivity index (χ3n) is 3.52. The summed E-state index contributed by atoms with van der Waals surface area (Å²) in [4.78, 5) is 0. The first-order valence-electron chi connectivity index (χ1n) is 7.18. The van der Waals surface area contributed by atoms with Crippen LogP contribution in [0.2, 0.25) is 0 Å². The minimum absolute atomic E-state index is 0.715. The Morgan fingerprint density at radius 1 is 1.28 bits per heavy atom. The molecule has 2 aliphatic carbocycles. The topological polar surface area (TPSA) is 42.7 Å². The lowest BCUT2D eigenvalue weighted by molar-refractivity contribution is 0.626. The Morgan fingerprint density at radius 3 is 2.78 bits per heavy atom. The zero-order valence-electron chi connectivity index (χ0n) is 11.1. The van der Waals surface area contributed by atoms with Crippen LogP contribution < -0.4 is 5.32 Å². The molecule has 3 rings (SSSR count). The number of aromatic nitrogens is 3. The fourth-order valence-electron chi connectivity index (χ4n) is 2.22.